The lowest BCUT2D eigenvalue weighted by molar-refractivity contribution is -0.143. The van der Waals surface area contributed by atoms with Crippen LogP contribution in [0.3, 0.4) is 0 Å². The summed E-state index contributed by atoms with van der Waals surface area (Å²) in [5.41, 5.74) is 1.70. The molecule has 0 unspecified atom stereocenters. The molecule has 0 N–H and O–H groups in total. The van der Waals surface area contributed by atoms with Crippen molar-refractivity contribution >= 4 is 27.7 Å². The number of Topliss-reactive ketones (excluding diaryl/α,β-unsaturated/α-hetero) is 1. The van der Waals surface area contributed by atoms with Gasteiger partial charge >= 0.3 is 5.97 Å². The summed E-state index contributed by atoms with van der Waals surface area (Å²) in [6.07, 6.45) is 2.20. The molecule has 0 amide bonds. The van der Waals surface area contributed by atoms with E-state index in [-0.39, 0.29) is 24.6 Å². The Hall–Kier alpha value is -1.16. The summed E-state index contributed by atoms with van der Waals surface area (Å²) in [7, 11) is 0. The third kappa shape index (κ3) is 5.55. The molecule has 0 aromatic heterocycles. The van der Waals surface area contributed by atoms with Gasteiger partial charge in [-0.1, -0.05) is 41.4 Å². The van der Waals surface area contributed by atoms with Crippen LogP contribution in [0.15, 0.2) is 22.7 Å². The van der Waals surface area contributed by atoms with Crippen molar-refractivity contribution in [2.45, 2.75) is 39.5 Å². The van der Waals surface area contributed by atoms with Gasteiger partial charge < -0.3 is 4.74 Å². The van der Waals surface area contributed by atoms with Crippen LogP contribution in [0.25, 0.3) is 0 Å². The van der Waals surface area contributed by atoms with Gasteiger partial charge in [-0.15, -0.1) is 0 Å². The van der Waals surface area contributed by atoms with Gasteiger partial charge in [-0.2, -0.15) is 0 Å². The van der Waals surface area contributed by atoms with E-state index < -0.39 is 0 Å². The molecule has 0 aliphatic heterocycles. The zero-order valence-corrected chi connectivity index (χ0v) is 13.0. The van der Waals surface area contributed by atoms with Gasteiger partial charge in [-0.25, -0.2) is 0 Å². The molecule has 0 spiro atoms. The molecule has 0 atom stereocenters. The van der Waals surface area contributed by atoms with Crippen molar-refractivity contribution in [2.24, 2.45) is 0 Å². The van der Waals surface area contributed by atoms with Crippen LogP contribution in [0.4, 0.5) is 0 Å². The SMILES string of the molecule is CCCCOC(=O)CCC(=O)c1ccc(C)c(Br)c1. The smallest absolute Gasteiger partial charge is 0.306 e. The van der Waals surface area contributed by atoms with Crippen molar-refractivity contribution in [2.75, 3.05) is 6.61 Å². The molecule has 19 heavy (non-hydrogen) atoms. The van der Waals surface area contributed by atoms with Crippen molar-refractivity contribution in [1.82, 2.24) is 0 Å². The van der Waals surface area contributed by atoms with Gasteiger partial charge in [0.05, 0.1) is 13.0 Å². The zero-order chi connectivity index (χ0) is 14.3. The van der Waals surface area contributed by atoms with Gasteiger partial charge in [0, 0.05) is 16.5 Å². The molecule has 0 bridgehead atoms. The van der Waals surface area contributed by atoms with Crippen LogP contribution in [-0.4, -0.2) is 18.4 Å². The quantitative estimate of drug-likeness (QED) is 0.431. The molecule has 0 aliphatic rings. The minimum absolute atomic E-state index is 0.0341. The molecule has 4 heteroatoms. The molecule has 1 rings (SSSR count). The van der Waals surface area contributed by atoms with Crippen LogP contribution < -0.4 is 0 Å². The number of hydrogen-bond donors (Lipinski definition) is 0. The maximum Gasteiger partial charge on any atom is 0.306 e. The molecular formula is C15H19BrO3. The Morgan fingerprint density at radius 2 is 2.00 bits per heavy atom. The fourth-order valence-corrected chi connectivity index (χ4v) is 1.91. The van der Waals surface area contributed by atoms with Gasteiger partial charge in [-0.05, 0) is 25.0 Å². The van der Waals surface area contributed by atoms with Crippen LogP contribution in [0, 0.1) is 6.92 Å². The molecule has 0 saturated carbocycles. The van der Waals surface area contributed by atoms with E-state index in [9.17, 15) is 9.59 Å². The summed E-state index contributed by atoms with van der Waals surface area (Å²) in [5, 5.41) is 0. The van der Waals surface area contributed by atoms with Gasteiger partial charge in [0.25, 0.3) is 0 Å². The molecule has 104 valence electrons. The first-order chi connectivity index (χ1) is 9.04. The van der Waals surface area contributed by atoms with Gasteiger partial charge in [0.1, 0.15) is 0 Å². The van der Waals surface area contributed by atoms with Crippen molar-refractivity contribution in [3.63, 3.8) is 0 Å². The first-order valence-corrected chi connectivity index (χ1v) is 7.29. The molecule has 1 aromatic carbocycles. The highest BCUT2D eigenvalue weighted by atomic mass is 79.9. The number of halogens is 1. The summed E-state index contributed by atoms with van der Waals surface area (Å²) in [4.78, 5) is 23.3. The van der Waals surface area contributed by atoms with Crippen LogP contribution in [0.1, 0.15) is 48.5 Å². The maximum absolute atomic E-state index is 11.9. The first-order valence-electron chi connectivity index (χ1n) is 6.49. The molecule has 0 saturated heterocycles. The second-order valence-electron chi connectivity index (χ2n) is 4.46. The number of unbranched alkanes of at least 4 members (excludes halogenated alkanes) is 1. The molecule has 0 aliphatic carbocycles. The van der Waals surface area contributed by atoms with Crippen molar-refractivity contribution in [1.29, 1.82) is 0 Å². The average molecular weight is 327 g/mol. The number of rotatable bonds is 7. The number of carbonyl (C=O) groups excluding carboxylic acids is 2. The normalized spacial score (nSPS) is 10.3. The van der Waals surface area contributed by atoms with E-state index in [1.54, 1.807) is 12.1 Å². The monoisotopic (exact) mass is 326 g/mol. The van der Waals surface area contributed by atoms with Crippen LogP contribution >= 0.6 is 15.9 Å². The molecular weight excluding hydrogens is 308 g/mol. The zero-order valence-electron chi connectivity index (χ0n) is 11.4. The topological polar surface area (TPSA) is 43.4 Å². The summed E-state index contributed by atoms with van der Waals surface area (Å²) in [6, 6.07) is 5.46. The number of ketones is 1. The number of carbonyl (C=O) groups is 2. The van der Waals surface area contributed by atoms with Crippen LogP contribution in [-0.2, 0) is 9.53 Å². The Labute approximate surface area is 122 Å². The largest absolute Gasteiger partial charge is 0.466 e. The van der Waals surface area contributed by atoms with E-state index in [0.717, 1.165) is 22.9 Å². The standard InChI is InChI=1S/C15H19BrO3/c1-3-4-9-19-15(18)8-7-14(17)12-6-5-11(2)13(16)10-12/h5-6,10H,3-4,7-9H2,1-2H3. The first kappa shape index (κ1) is 15.9. The minimum Gasteiger partial charge on any atom is -0.466 e. The predicted octanol–water partition coefficient (Wildman–Crippen LogP) is 4.06. The van der Waals surface area contributed by atoms with Crippen LogP contribution in [0.2, 0.25) is 0 Å². The van der Waals surface area contributed by atoms with E-state index in [4.69, 9.17) is 4.74 Å². The van der Waals surface area contributed by atoms with Gasteiger partial charge in [-0.3, -0.25) is 9.59 Å². The number of benzene rings is 1. The minimum atomic E-state index is -0.298. The Kier molecular flexibility index (Phi) is 6.78. The number of hydrogen-bond acceptors (Lipinski definition) is 3. The highest BCUT2D eigenvalue weighted by Gasteiger charge is 2.11. The third-order valence-corrected chi connectivity index (χ3v) is 3.67. The third-order valence-electron chi connectivity index (χ3n) is 2.81. The number of esters is 1. The average Bonchev–Trinajstić information content (AvgIpc) is 2.39. The van der Waals surface area contributed by atoms with E-state index in [1.807, 2.05) is 19.9 Å². The molecule has 0 radical (unpaired) electrons. The van der Waals surface area contributed by atoms with Crippen molar-refractivity contribution in [3.8, 4) is 0 Å². The second-order valence-corrected chi connectivity index (χ2v) is 5.32. The predicted molar refractivity (Wildman–Crippen MR) is 78.3 cm³/mol. The van der Waals surface area contributed by atoms with Crippen molar-refractivity contribution < 1.29 is 14.3 Å². The molecule has 0 heterocycles. The van der Waals surface area contributed by atoms with Gasteiger partial charge in [0.15, 0.2) is 5.78 Å². The summed E-state index contributed by atoms with van der Waals surface area (Å²) in [5.74, 6) is -0.332. The summed E-state index contributed by atoms with van der Waals surface area (Å²) < 4.78 is 5.92. The van der Waals surface area contributed by atoms with Crippen molar-refractivity contribution in [3.05, 3.63) is 33.8 Å². The van der Waals surface area contributed by atoms with Gasteiger partial charge in [0.2, 0.25) is 0 Å². The molecule has 3 nitrogen and oxygen atoms in total. The fraction of sp³-hybridized carbons (Fsp3) is 0.467. The van der Waals surface area contributed by atoms with Crippen LogP contribution in [0.5, 0.6) is 0 Å². The maximum atomic E-state index is 11.9. The molecule has 0 fully saturated rings. The lowest BCUT2D eigenvalue weighted by Crippen LogP contribution is -2.09. The lowest BCUT2D eigenvalue weighted by atomic mass is 10.1. The Morgan fingerprint density at radius 1 is 1.26 bits per heavy atom. The van der Waals surface area contributed by atoms with E-state index in [0.29, 0.717) is 12.2 Å². The molecule has 1 aromatic rings. The number of ether oxygens (including phenoxy) is 1. The second kappa shape index (κ2) is 8.10. The van der Waals surface area contributed by atoms with E-state index >= 15 is 0 Å². The summed E-state index contributed by atoms with van der Waals surface area (Å²) in [6.45, 7) is 4.44. The highest BCUT2D eigenvalue weighted by Crippen LogP contribution is 2.18. The highest BCUT2D eigenvalue weighted by molar-refractivity contribution is 9.10. The Morgan fingerprint density at radius 3 is 2.63 bits per heavy atom. The summed E-state index contributed by atoms with van der Waals surface area (Å²) >= 11 is 3.39. The van der Waals surface area contributed by atoms with E-state index in [2.05, 4.69) is 15.9 Å². The Bertz CT molecular complexity index is 455. The fourth-order valence-electron chi connectivity index (χ4n) is 1.53. The Balaban J connectivity index is 2.42. The lowest BCUT2D eigenvalue weighted by Gasteiger charge is -2.05. The number of aryl methyl sites for hydroxylation is 1. The van der Waals surface area contributed by atoms with E-state index in [1.165, 1.54) is 0 Å².